The Balaban J connectivity index is 1.85. The van der Waals surface area contributed by atoms with Gasteiger partial charge in [0.2, 0.25) is 11.6 Å². The lowest BCUT2D eigenvalue weighted by Crippen LogP contribution is -2.27. The Hall–Kier alpha value is -4.20. The van der Waals surface area contributed by atoms with Crippen LogP contribution < -0.4 is 11.2 Å². The molecule has 0 radical (unpaired) electrons. The fourth-order valence-corrected chi connectivity index (χ4v) is 2.72. The molecular weight excluding hydrogens is 408 g/mol. The molecule has 14 heteroatoms. The Morgan fingerprint density at radius 2 is 2.16 bits per heavy atom. The van der Waals surface area contributed by atoms with Gasteiger partial charge < -0.3 is 5.73 Å². The third-order valence-electron chi connectivity index (χ3n) is 4.40. The third kappa shape index (κ3) is 4.87. The highest BCUT2D eigenvalue weighted by Crippen LogP contribution is 2.17. The Kier molecular flexibility index (Phi) is 6.61. The number of non-ortho nitro benzene ring substituents is 1. The van der Waals surface area contributed by atoms with Gasteiger partial charge in [-0.15, -0.1) is 5.10 Å². The average molecular weight is 428 g/mol. The first-order chi connectivity index (χ1) is 14.9. The van der Waals surface area contributed by atoms with Gasteiger partial charge in [-0.25, -0.2) is 10.1 Å². The van der Waals surface area contributed by atoms with E-state index in [9.17, 15) is 14.9 Å². The van der Waals surface area contributed by atoms with Crippen LogP contribution >= 0.6 is 0 Å². The number of nitrogen functional groups attached to an aromatic ring is 1. The zero-order valence-electron chi connectivity index (χ0n) is 16.8. The molecule has 31 heavy (non-hydrogen) atoms. The number of hydrogen-bond donors (Lipinski definition) is 2. The molecule has 0 unspecified atom stereocenters. The van der Waals surface area contributed by atoms with Crippen molar-refractivity contribution < 1.29 is 14.3 Å². The lowest BCUT2D eigenvalue weighted by atomic mass is 10.2. The maximum atomic E-state index is 12.7. The lowest BCUT2D eigenvalue weighted by Gasteiger charge is -2.18. The number of amides is 1. The van der Waals surface area contributed by atoms with Crippen molar-refractivity contribution in [2.75, 3.05) is 18.8 Å². The summed E-state index contributed by atoms with van der Waals surface area (Å²) in [6.07, 6.45) is 1.29. The second kappa shape index (κ2) is 9.53. The summed E-state index contributed by atoms with van der Waals surface area (Å²) in [5.74, 6) is -0.500. The zero-order valence-corrected chi connectivity index (χ0v) is 16.8. The Labute approximate surface area is 175 Å². The number of carbonyl (C=O) groups excluding carboxylic acids is 1. The van der Waals surface area contributed by atoms with Gasteiger partial charge in [0, 0.05) is 24.2 Å². The summed E-state index contributed by atoms with van der Waals surface area (Å²) < 4.78 is 5.92. The second-order valence-electron chi connectivity index (χ2n) is 6.28. The fourth-order valence-electron chi connectivity index (χ4n) is 2.72. The first kappa shape index (κ1) is 21.5. The normalized spacial score (nSPS) is 11.3. The standard InChI is InChI=1S/C17H20N10O4/c1-3-25(4-2)10-13-14(20-24-26(13)16-15(18)22-31-23-16)17(28)21-19-9-11-6-5-7-12(8-11)27(29)30/h5-9H,3-4,10H2,1-2H3,(H2,18,22)(H,21,28)/b19-9-. The van der Waals surface area contributed by atoms with Crippen LogP contribution in [0.15, 0.2) is 34.0 Å². The van der Waals surface area contributed by atoms with Gasteiger partial charge in [0.15, 0.2) is 5.69 Å². The number of nitrogens with zero attached hydrogens (tertiary/aromatic N) is 8. The molecule has 0 bridgehead atoms. The summed E-state index contributed by atoms with van der Waals surface area (Å²) in [7, 11) is 0. The van der Waals surface area contributed by atoms with Gasteiger partial charge >= 0.3 is 0 Å². The van der Waals surface area contributed by atoms with Gasteiger partial charge in [-0.3, -0.25) is 19.8 Å². The molecule has 0 saturated carbocycles. The second-order valence-corrected chi connectivity index (χ2v) is 6.28. The monoisotopic (exact) mass is 428 g/mol. The molecule has 2 heterocycles. The van der Waals surface area contributed by atoms with Gasteiger partial charge in [0.05, 0.1) is 16.8 Å². The molecule has 3 aromatic rings. The van der Waals surface area contributed by atoms with Crippen molar-refractivity contribution in [2.45, 2.75) is 20.4 Å². The molecule has 0 aliphatic carbocycles. The Bertz CT molecular complexity index is 1100. The molecule has 1 amide bonds. The SMILES string of the molecule is CCN(CC)Cc1c(C(=O)N/N=C\c2cccc([N+](=O)[O-])c2)nnn1-c1nonc1N. The molecular formula is C17H20N10O4. The summed E-state index contributed by atoms with van der Waals surface area (Å²) in [5.41, 5.74) is 8.92. The van der Waals surface area contributed by atoms with Crippen LogP contribution in [0.5, 0.6) is 0 Å². The van der Waals surface area contributed by atoms with E-state index in [1.165, 1.54) is 29.1 Å². The van der Waals surface area contributed by atoms with Crippen LogP contribution in [0.3, 0.4) is 0 Å². The number of hydrogen-bond acceptors (Lipinski definition) is 11. The number of anilines is 1. The fraction of sp³-hybridized carbons (Fsp3) is 0.294. The summed E-state index contributed by atoms with van der Waals surface area (Å²) in [6.45, 7) is 5.74. The van der Waals surface area contributed by atoms with Crippen molar-refractivity contribution in [2.24, 2.45) is 5.10 Å². The minimum absolute atomic E-state index is 0.00125. The van der Waals surface area contributed by atoms with Gasteiger partial charge in [-0.1, -0.05) is 31.2 Å². The number of aromatic nitrogens is 5. The smallest absolute Gasteiger partial charge is 0.293 e. The molecule has 1 aromatic carbocycles. The predicted octanol–water partition coefficient (Wildman–Crippen LogP) is 0.746. The Morgan fingerprint density at radius 3 is 2.81 bits per heavy atom. The van der Waals surface area contributed by atoms with E-state index in [0.29, 0.717) is 17.8 Å². The number of nitrogens with one attached hydrogen (secondary N) is 1. The summed E-state index contributed by atoms with van der Waals surface area (Å²) >= 11 is 0. The Morgan fingerprint density at radius 1 is 1.39 bits per heavy atom. The highest BCUT2D eigenvalue weighted by atomic mass is 16.6. The number of hydrazone groups is 1. The first-order valence-electron chi connectivity index (χ1n) is 9.27. The minimum Gasteiger partial charge on any atom is -0.378 e. The van der Waals surface area contributed by atoms with Crippen LogP contribution in [0.2, 0.25) is 0 Å². The minimum atomic E-state index is -0.620. The van der Waals surface area contributed by atoms with Crippen molar-refractivity contribution >= 4 is 23.6 Å². The van der Waals surface area contributed by atoms with Gasteiger partial charge in [0.25, 0.3) is 11.6 Å². The van der Waals surface area contributed by atoms with E-state index >= 15 is 0 Å². The number of benzene rings is 1. The van der Waals surface area contributed by atoms with E-state index in [-0.39, 0.29) is 23.0 Å². The van der Waals surface area contributed by atoms with Crippen molar-refractivity contribution in [3.63, 3.8) is 0 Å². The van der Waals surface area contributed by atoms with E-state index < -0.39 is 10.8 Å². The van der Waals surface area contributed by atoms with Gasteiger partial charge in [-0.05, 0) is 23.4 Å². The molecule has 0 aliphatic rings. The van der Waals surface area contributed by atoms with Crippen molar-refractivity contribution in [1.29, 1.82) is 0 Å². The molecule has 3 rings (SSSR count). The molecule has 0 saturated heterocycles. The van der Waals surface area contributed by atoms with Crippen molar-refractivity contribution in [3.05, 3.63) is 51.3 Å². The van der Waals surface area contributed by atoms with Crippen LogP contribution in [-0.2, 0) is 6.54 Å². The highest BCUT2D eigenvalue weighted by Gasteiger charge is 2.24. The summed E-state index contributed by atoms with van der Waals surface area (Å²) in [6, 6.07) is 5.83. The molecule has 3 N–H and O–H groups in total. The van der Waals surface area contributed by atoms with Crippen molar-refractivity contribution in [3.8, 4) is 5.82 Å². The topological polar surface area (TPSA) is 183 Å². The molecule has 0 spiro atoms. The maximum absolute atomic E-state index is 12.7. The first-order valence-corrected chi connectivity index (χ1v) is 9.27. The number of carbonyl (C=O) groups is 1. The molecule has 2 aromatic heterocycles. The van der Waals surface area contributed by atoms with Gasteiger partial charge in [0.1, 0.15) is 0 Å². The molecule has 14 nitrogen and oxygen atoms in total. The van der Waals surface area contributed by atoms with E-state index in [1.807, 2.05) is 18.7 Å². The third-order valence-corrected chi connectivity index (χ3v) is 4.40. The molecule has 0 aliphatic heterocycles. The van der Waals surface area contributed by atoms with Crippen LogP contribution in [0.1, 0.15) is 35.6 Å². The summed E-state index contributed by atoms with van der Waals surface area (Å²) in [5, 5.41) is 29.9. The lowest BCUT2D eigenvalue weighted by molar-refractivity contribution is -0.384. The summed E-state index contributed by atoms with van der Waals surface area (Å²) in [4.78, 5) is 25.1. The highest BCUT2D eigenvalue weighted by molar-refractivity contribution is 5.94. The molecule has 162 valence electrons. The number of nitrogens with two attached hydrogens (primary N) is 1. The predicted molar refractivity (Wildman–Crippen MR) is 108 cm³/mol. The largest absolute Gasteiger partial charge is 0.378 e. The molecule has 0 atom stereocenters. The van der Waals surface area contributed by atoms with Gasteiger partial charge in [-0.2, -0.15) is 9.78 Å². The van der Waals surface area contributed by atoms with Crippen LogP contribution in [0, 0.1) is 10.1 Å². The number of nitro groups is 1. The van der Waals surface area contributed by atoms with E-state index in [0.717, 1.165) is 13.1 Å². The van der Waals surface area contributed by atoms with E-state index in [2.05, 4.69) is 35.8 Å². The maximum Gasteiger partial charge on any atom is 0.293 e. The van der Waals surface area contributed by atoms with Crippen molar-refractivity contribution in [1.82, 2.24) is 35.6 Å². The average Bonchev–Trinajstić information content (AvgIpc) is 3.37. The van der Waals surface area contributed by atoms with Crippen LogP contribution in [-0.4, -0.2) is 60.3 Å². The zero-order chi connectivity index (χ0) is 22.4. The van der Waals surface area contributed by atoms with Crippen LogP contribution in [0.4, 0.5) is 11.5 Å². The molecule has 0 fully saturated rings. The van der Waals surface area contributed by atoms with Crippen LogP contribution in [0.25, 0.3) is 5.82 Å². The number of rotatable bonds is 9. The quantitative estimate of drug-likeness (QED) is 0.280. The number of nitro benzene ring substituents is 1. The van der Waals surface area contributed by atoms with E-state index in [4.69, 9.17) is 5.73 Å². The van der Waals surface area contributed by atoms with E-state index in [1.54, 1.807) is 6.07 Å².